The summed E-state index contributed by atoms with van der Waals surface area (Å²) in [6, 6.07) is 0. The maximum atomic E-state index is 14.2. The van der Waals surface area contributed by atoms with Crippen LogP contribution in [0.1, 0.15) is 66.7 Å². The van der Waals surface area contributed by atoms with E-state index in [1.165, 1.54) is 6.42 Å². The lowest BCUT2D eigenvalue weighted by molar-refractivity contribution is 0.183. The van der Waals surface area contributed by atoms with Crippen LogP contribution in [0.25, 0.3) is 0 Å². The van der Waals surface area contributed by atoms with Crippen molar-refractivity contribution >= 4 is 0 Å². The summed E-state index contributed by atoms with van der Waals surface area (Å²) >= 11 is 0. The second-order valence-corrected chi connectivity index (χ2v) is 5.57. The molecule has 0 N–H and O–H groups in total. The van der Waals surface area contributed by atoms with Crippen molar-refractivity contribution in [1.29, 1.82) is 0 Å². The van der Waals surface area contributed by atoms with Crippen molar-refractivity contribution in [2.24, 2.45) is 11.8 Å². The topological polar surface area (TPSA) is 0 Å². The van der Waals surface area contributed by atoms with E-state index in [2.05, 4.69) is 27.4 Å². The average Bonchev–Trinajstić information content (AvgIpc) is 2.23. The Hall–Kier alpha value is -0.330. The molecule has 0 rings (SSSR count). The highest BCUT2D eigenvalue weighted by Gasteiger charge is 2.27. The molecule has 0 saturated carbocycles. The van der Waals surface area contributed by atoms with Gasteiger partial charge in [-0.2, -0.15) is 0 Å². The van der Waals surface area contributed by atoms with Crippen LogP contribution in [0, 0.1) is 11.8 Å². The van der Waals surface area contributed by atoms with Gasteiger partial charge in [0, 0.05) is 0 Å². The van der Waals surface area contributed by atoms with Gasteiger partial charge in [0.25, 0.3) is 0 Å². The Morgan fingerprint density at radius 1 is 1.25 bits per heavy atom. The van der Waals surface area contributed by atoms with E-state index < -0.39 is 5.67 Å². The zero-order valence-electron chi connectivity index (χ0n) is 11.8. The first-order valence-electron chi connectivity index (χ1n) is 6.68. The van der Waals surface area contributed by atoms with Crippen LogP contribution in [0.2, 0.25) is 0 Å². The molecule has 0 amide bonds. The molecule has 0 fully saturated rings. The maximum absolute atomic E-state index is 14.2. The molecule has 0 saturated heterocycles. The molecule has 0 aromatic carbocycles. The van der Waals surface area contributed by atoms with E-state index in [-0.39, 0.29) is 0 Å². The number of alkyl halides is 1. The third-order valence-corrected chi connectivity index (χ3v) is 3.95. The highest BCUT2D eigenvalue weighted by Crippen LogP contribution is 2.31. The van der Waals surface area contributed by atoms with Gasteiger partial charge in [0.05, 0.1) is 0 Å². The van der Waals surface area contributed by atoms with Gasteiger partial charge in [-0.15, -0.1) is 0 Å². The summed E-state index contributed by atoms with van der Waals surface area (Å²) in [5.74, 6) is 1.49. The number of unbranched alkanes of at least 4 members (excludes halogenated alkanes) is 1. The molecular formula is C15H29F. The smallest absolute Gasteiger partial charge is 0.131 e. The van der Waals surface area contributed by atoms with E-state index in [1.54, 1.807) is 6.92 Å². The summed E-state index contributed by atoms with van der Waals surface area (Å²) in [4.78, 5) is 0. The predicted octanol–water partition coefficient (Wildman–Crippen LogP) is 5.53. The summed E-state index contributed by atoms with van der Waals surface area (Å²) in [6.07, 6.45) is 4.53. The second-order valence-electron chi connectivity index (χ2n) is 5.57. The van der Waals surface area contributed by atoms with E-state index in [0.717, 1.165) is 24.7 Å². The minimum Gasteiger partial charge on any atom is -0.239 e. The van der Waals surface area contributed by atoms with Crippen molar-refractivity contribution in [2.45, 2.75) is 72.4 Å². The van der Waals surface area contributed by atoms with Crippen LogP contribution in [0.15, 0.2) is 12.2 Å². The van der Waals surface area contributed by atoms with Gasteiger partial charge in [0.15, 0.2) is 0 Å². The first-order valence-corrected chi connectivity index (χ1v) is 6.68. The Morgan fingerprint density at radius 3 is 2.19 bits per heavy atom. The lowest BCUT2D eigenvalue weighted by Crippen LogP contribution is -2.22. The lowest BCUT2D eigenvalue weighted by atomic mass is 9.87. The second kappa shape index (κ2) is 7.09. The van der Waals surface area contributed by atoms with Gasteiger partial charge in [-0.25, -0.2) is 4.39 Å². The molecule has 2 atom stereocenters. The van der Waals surface area contributed by atoms with E-state index in [4.69, 9.17) is 0 Å². The molecule has 96 valence electrons. The van der Waals surface area contributed by atoms with Crippen molar-refractivity contribution in [3.63, 3.8) is 0 Å². The van der Waals surface area contributed by atoms with Crippen molar-refractivity contribution in [3.05, 3.63) is 12.2 Å². The molecule has 0 aromatic heterocycles. The van der Waals surface area contributed by atoms with Gasteiger partial charge in [0.2, 0.25) is 0 Å². The zero-order chi connectivity index (χ0) is 12.8. The van der Waals surface area contributed by atoms with Gasteiger partial charge in [-0.3, -0.25) is 0 Å². The Bertz CT molecular complexity index is 207. The monoisotopic (exact) mass is 228 g/mol. The molecule has 0 bridgehead atoms. The van der Waals surface area contributed by atoms with Gasteiger partial charge >= 0.3 is 0 Å². The number of hydrogen-bond donors (Lipinski definition) is 0. The molecule has 0 spiro atoms. The molecule has 0 heterocycles. The van der Waals surface area contributed by atoms with Crippen LogP contribution in [-0.4, -0.2) is 5.67 Å². The molecule has 16 heavy (non-hydrogen) atoms. The SMILES string of the molecule is C=C(C)C(F)(CC)CCCC[C@@H](C)C(C)C. The first kappa shape index (κ1) is 15.7. The molecule has 0 aliphatic rings. The normalized spacial score (nSPS) is 17.2. The van der Waals surface area contributed by atoms with Crippen molar-refractivity contribution in [3.8, 4) is 0 Å². The standard InChI is InChI=1S/C15H29F/c1-7-15(16,13(4)5)11-9-8-10-14(6)12(2)3/h12,14H,4,7-11H2,1-3,5-6H3/t14-,15?/m1/s1. The summed E-state index contributed by atoms with van der Waals surface area (Å²) in [7, 11) is 0. The molecular weight excluding hydrogens is 199 g/mol. The number of hydrogen-bond acceptors (Lipinski definition) is 0. The van der Waals surface area contributed by atoms with Crippen LogP contribution in [-0.2, 0) is 0 Å². The molecule has 0 aliphatic carbocycles. The van der Waals surface area contributed by atoms with Crippen LogP contribution in [0.3, 0.4) is 0 Å². The van der Waals surface area contributed by atoms with Crippen molar-refractivity contribution < 1.29 is 4.39 Å². The van der Waals surface area contributed by atoms with Crippen LogP contribution < -0.4 is 0 Å². The van der Waals surface area contributed by atoms with Crippen LogP contribution in [0.5, 0.6) is 0 Å². The summed E-state index contributed by atoms with van der Waals surface area (Å²) < 4.78 is 14.2. The number of allylic oxidation sites excluding steroid dienone is 1. The average molecular weight is 228 g/mol. The molecule has 0 aromatic rings. The fourth-order valence-corrected chi connectivity index (χ4v) is 1.90. The molecule has 1 heteroatoms. The molecule has 1 unspecified atom stereocenters. The fraction of sp³-hybridized carbons (Fsp3) is 0.867. The highest BCUT2D eigenvalue weighted by atomic mass is 19.1. The lowest BCUT2D eigenvalue weighted by Gasteiger charge is -2.24. The van der Waals surface area contributed by atoms with Crippen LogP contribution in [0.4, 0.5) is 4.39 Å². The van der Waals surface area contributed by atoms with Crippen molar-refractivity contribution in [1.82, 2.24) is 0 Å². The van der Waals surface area contributed by atoms with Gasteiger partial charge in [-0.1, -0.05) is 47.1 Å². The minimum atomic E-state index is -1.12. The summed E-state index contributed by atoms with van der Waals surface area (Å²) in [5, 5.41) is 0. The Labute approximate surface area is 101 Å². The Morgan fingerprint density at radius 2 is 1.81 bits per heavy atom. The van der Waals surface area contributed by atoms with Gasteiger partial charge in [0.1, 0.15) is 5.67 Å². The third-order valence-electron chi connectivity index (χ3n) is 3.95. The quantitative estimate of drug-likeness (QED) is 0.378. The van der Waals surface area contributed by atoms with Crippen molar-refractivity contribution in [2.75, 3.05) is 0 Å². The largest absolute Gasteiger partial charge is 0.239 e. The van der Waals surface area contributed by atoms with E-state index in [1.807, 2.05) is 6.92 Å². The predicted molar refractivity (Wildman–Crippen MR) is 71.4 cm³/mol. The summed E-state index contributed by atoms with van der Waals surface area (Å²) in [6.45, 7) is 14.3. The molecule has 0 nitrogen and oxygen atoms in total. The van der Waals surface area contributed by atoms with E-state index in [0.29, 0.717) is 18.4 Å². The van der Waals surface area contributed by atoms with E-state index in [9.17, 15) is 4.39 Å². The zero-order valence-corrected chi connectivity index (χ0v) is 11.8. The maximum Gasteiger partial charge on any atom is 0.131 e. The van der Waals surface area contributed by atoms with Gasteiger partial charge < -0.3 is 0 Å². The number of rotatable bonds is 8. The third kappa shape index (κ3) is 5.14. The van der Waals surface area contributed by atoms with Gasteiger partial charge in [-0.05, 0) is 43.6 Å². The highest BCUT2D eigenvalue weighted by molar-refractivity contribution is 5.08. The fourth-order valence-electron chi connectivity index (χ4n) is 1.90. The first-order chi connectivity index (χ1) is 7.33. The molecule has 0 aliphatic heterocycles. The molecule has 0 radical (unpaired) electrons. The Balaban J connectivity index is 3.85. The van der Waals surface area contributed by atoms with E-state index >= 15 is 0 Å². The van der Waals surface area contributed by atoms with Crippen LogP contribution >= 0.6 is 0 Å². The summed E-state index contributed by atoms with van der Waals surface area (Å²) in [5.41, 5.74) is -0.437. The Kier molecular flexibility index (Phi) is 6.94. The number of halogens is 1. The minimum absolute atomic E-state index is 0.558.